The maximum atomic E-state index is 12.4. The Labute approximate surface area is 99.5 Å². The Balaban J connectivity index is 2.00. The molecule has 1 saturated heterocycles. The number of anilines is 1. The highest BCUT2D eigenvalue weighted by atomic mass is 16.2. The van der Waals surface area contributed by atoms with E-state index < -0.39 is 5.41 Å². The molecular weight excluding hydrogens is 216 g/mol. The topological polar surface area (TPSA) is 57.6 Å². The Morgan fingerprint density at radius 3 is 3.06 bits per heavy atom. The molecule has 1 atom stereocenters. The number of amides is 1. The highest BCUT2D eigenvalue weighted by molar-refractivity contribution is 6.19. The molecule has 0 bridgehead atoms. The van der Waals surface area contributed by atoms with Crippen molar-refractivity contribution in [2.45, 2.75) is 13.3 Å². The molecule has 0 aliphatic carbocycles. The van der Waals surface area contributed by atoms with Gasteiger partial charge in [0, 0.05) is 25.7 Å². The first-order valence-electron chi connectivity index (χ1n) is 5.76. The summed E-state index contributed by atoms with van der Waals surface area (Å²) in [5, 5.41) is 9.11. The van der Waals surface area contributed by atoms with Gasteiger partial charge in [-0.2, -0.15) is 10.1 Å². The van der Waals surface area contributed by atoms with Crippen LogP contribution >= 0.6 is 0 Å². The molecule has 1 aromatic heterocycles. The van der Waals surface area contributed by atoms with E-state index in [1.165, 1.54) is 5.01 Å². The van der Waals surface area contributed by atoms with Crippen molar-refractivity contribution in [1.82, 2.24) is 10.3 Å². The normalized spacial score (nSPS) is 27.9. The SMILES string of the molecule is CC12CNCCC1=NN(c1ccccn1)C2=O. The van der Waals surface area contributed by atoms with Gasteiger partial charge in [-0.1, -0.05) is 6.07 Å². The van der Waals surface area contributed by atoms with E-state index in [4.69, 9.17) is 0 Å². The van der Waals surface area contributed by atoms with Crippen molar-refractivity contribution in [3.05, 3.63) is 24.4 Å². The first-order chi connectivity index (χ1) is 8.22. The van der Waals surface area contributed by atoms with Crippen LogP contribution in [0.25, 0.3) is 0 Å². The molecule has 2 aliphatic rings. The second-order valence-corrected chi connectivity index (χ2v) is 4.61. The van der Waals surface area contributed by atoms with E-state index in [2.05, 4.69) is 15.4 Å². The third kappa shape index (κ3) is 1.46. The van der Waals surface area contributed by atoms with Gasteiger partial charge in [0.15, 0.2) is 5.82 Å². The van der Waals surface area contributed by atoms with Crippen molar-refractivity contribution in [2.24, 2.45) is 10.5 Å². The van der Waals surface area contributed by atoms with Crippen LogP contribution < -0.4 is 10.3 Å². The predicted octanol–water partition coefficient (Wildman–Crippen LogP) is 0.784. The highest BCUT2D eigenvalue weighted by Gasteiger charge is 2.48. The third-order valence-corrected chi connectivity index (χ3v) is 3.41. The molecule has 0 saturated carbocycles. The van der Waals surface area contributed by atoms with Crippen molar-refractivity contribution < 1.29 is 4.79 Å². The first kappa shape index (κ1) is 10.4. The molecule has 5 nitrogen and oxygen atoms in total. The van der Waals surface area contributed by atoms with Gasteiger partial charge in [-0.15, -0.1) is 0 Å². The minimum absolute atomic E-state index is 0.0124. The summed E-state index contributed by atoms with van der Waals surface area (Å²) in [6.07, 6.45) is 2.50. The van der Waals surface area contributed by atoms with Crippen LogP contribution in [0.1, 0.15) is 13.3 Å². The highest BCUT2D eigenvalue weighted by Crippen LogP contribution is 2.33. The lowest BCUT2D eigenvalue weighted by molar-refractivity contribution is -0.123. The molecule has 5 heteroatoms. The van der Waals surface area contributed by atoms with Crippen molar-refractivity contribution in [3.8, 4) is 0 Å². The molecule has 1 N–H and O–H groups in total. The number of rotatable bonds is 1. The number of aromatic nitrogens is 1. The Morgan fingerprint density at radius 2 is 2.35 bits per heavy atom. The standard InChI is InChI=1S/C12H14N4O/c1-12-8-13-7-5-9(12)15-16(11(12)17)10-4-2-3-6-14-10/h2-4,6,13H,5,7-8H2,1H3. The predicted molar refractivity (Wildman–Crippen MR) is 64.8 cm³/mol. The molecule has 1 aromatic rings. The van der Waals surface area contributed by atoms with Crippen LogP contribution in [-0.2, 0) is 4.79 Å². The van der Waals surface area contributed by atoms with Gasteiger partial charge in [0.25, 0.3) is 5.91 Å². The number of fused-ring (bicyclic) bond motifs is 1. The van der Waals surface area contributed by atoms with Gasteiger partial charge in [0.1, 0.15) is 5.41 Å². The number of pyridine rings is 1. The van der Waals surface area contributed by atoms with Crippen molar-refractivity contribution in [2.75, 3.05) is 18.1 Å². The largest absolute Gasteiger partial charge is 0.315 e. The van der Waals surface area contributed by atoms with Crippen LogP contribution in [0.5, 0.6) is 0 Å². The zero-order chi connectivity index (χ0) is 11.9. The number of nitrogens with zero attached hydrogens (tertiary/aromatic N) is 3. The average Bonchev–Trinajstić information content (AvgIpc) is 2.64. The molecule has 2 aliphatic heterocycles. The lowest BCUT2D eigenvalue weighted by Gasteiger charge is -2.28. The number of hydrazone groups is 1. The molecule has 1 fully saturated rings. The molecule has 0 aromatic carbocycles. The van der Waals surface area contributed by atoms with Crippen molar-refractivity contribution in [3.63, 3.8) is 0 Å². The molecule has 88 valence electrons. The smallest absolute Gasteiger partial charge is 0.261 e. The zero-order valence-corrected chi connectivity index (χ0v) is 9.68. The minimum Gasteiger partial charge on any atom is -0.315 e. The molecule has 1 unspecified atom stereocenters. The van der Waals surface area contributed by atoms with Crippen LogP contribution in [-0.4, -0.2) is 29.7 Å². The van der Waals surface area contributed by atoms with Gasteiger partial charge in [0.05, 0.1) is 5.71 Å². The van der Waals surface area contributed by atoms with Gasteiger partial charge >= 0.3 is 0 Å². The van der Waals surface area contributed by atoms with Gasteiger partial charge in [-0.05, 0) is 19.1 Å². The fourth-order valence-electron chi connectivity index (χ4n) is 2.32. The van der Waals surface area contributed by atoms with Crippen LogP contribution in [0.2, 0.25) is 0 Å². The Morgan fingerprint density at radius 1 is 1.47 bits per heavy atom. The summed E-state index contributed by atoms with van der Waals surface area (Å²) in [6.45, 7) is 3.50. The van der Waals surface area contributed by atoms with Gasteiger partial charge in [-0.3, -0.25) is 4.79 Å². The molecule has 1 amide bonds. The molecule has 3 rings (SSSR count). The molecule has 0 spiro atoms. The first-order valence-corrected chi connectivity index (χ1v) is 5.76. The maximum absolute atomic E-state index is 12.4. The fourth-order valence-corrected chi connectivity index (χ4v) is 2.32. The number of carbonyl (C=O) groups is 1. The summed E-state index contributed by atoms with van der Waals surface area (Å²) in [7, 11) is 0. The Kier molecular flexibility index (Phi) is 2.22. The lowest BCUT2D eigenvalue weighted by atomic mass is 9.81. The second kappa shape index (κ2) is 3.63. The minimum atomic E-state index is -0.490. The molecule has 3 heterocycles. The number of hydrogen-bond donors (Lipinski definition) is 1. The van der Waals surface area contributed by atoms with Crippen molar-refractivity contribution >= 4 is 17.4 Å². The van der Waals surface area contributed by atoms with E-state index in [9.17, 15) is 4.79 Å². The van der Waals surface area contributed by atoms with E-state index in [0.717, 1.165) is 18.7 Å². The Bertz CT molecular complexity index is 485. The Hall–Kier alpha value is -1.75. The van der Waals surface area contributed by atoms with Gasteiger partial charge in [0.2, 0.25) is 0 Å². The van der Waals surface area contributed by atoms with Crippen LogP contribution in [0.15, 0.2) is 29.5 Å². The van der Waals surface area contributed by atoms with Crippen LogP contribution in [0.3, 0.4) is 0 Å². The molecule has 0 radical (unpaired) electrons. The third-order valence-electron chi connectivity index (χ3n) is 3.41. The summed E-state index contributed by atoms with van der Waals surface area (Å²) >= 11 is 0. The number of hydrogen-bond acceptors (Lipinski definition) is 4. The average molecular weight is 230 g/mol. The van der Waals surface area contributed by atoms with Crippen LogP contribution in [0.4, 0.5) is 5.82 Å². The maximum Gasteiger partial charge on any atom is 0.261 e. The number of nitrogens with one attached hydrogen (secondary N) is 1. The van der Waals surface area contributed by atoms with E-state index >= 15 is 0 Å². The lowest BCUT2D eigenvalue weighted by Crippen LogP contribution is -2.49. The van der Waals surface area contributed by atoms with E-state index in [1.54, 1.807) is 12.3 Å². The van der Waals surface area contributed by atoms with E-state index in [1.807, 2.05) is 19.1 Å². The van der Waals surface area contributed by atoms with Crippen LogP contribution in [0, 0.1) is 5.41 Å². The zero-order valence-electron chi connectivity index (χ0n) is 9.68. The molecular formula is C12H14N4O. The summed E-state index contributed by atoms with van der Waals surface area (Å²) in [6, 6.07) is 5.49. The fraction of sp³-hybridized carbons (Fsp3) is 0.417. The number of carbonyl (C=O) groups excluding carboxylic acids is 1. The van der Waals surface area contributed by atoms with Gasteiger partial charge < -0.3 is 5.32 Å². The summed E-state index contributed by atoms with van der Waals surface area (Å²) < 4.78 is 0. The number of piperidine rings is 1. The van der Waals surface area contributed by atoms with E-state index in [-0.39, 0.29) is 5.91 Å². The van der Waals surface area contributed by atoms with Gasteiger partial charge in [-0.25, -0.2) is 4.98 Å². The molecule has 17 heavy (non-hydrogen) atoms. The quantitative estimate of drug-likeness (QED) is 0.775. The van der Waals surface area contributed by atoms with Crippen molar-refractivity contribution in [1.29, 1.82) is 0 Å². The van der Waals surface area contributed by atoms with E-state index in [0.29, 0.717) is 12.4 Å². The summed E-state index contributed by atoms with van der Waals surface area (Å²) in [5.74, 6) is 0.610. The summed E-state index contributed by atoms with van der Waals surface area (Å²) in [5.41, 5.74) is 0.474. The monoisotopic (exact) mass is 230 g/mol. The second-order valence-electron chi connectivity index (χ2n) is 4.61. The summed E-state index contributed by atoms with van der Waals surface area (Å²) in [4.78, 5) is 16.6.